The maximum Gasteiger partial charge on any atom is 0.349 e. The zero-order valence-corrected chi connectivity index (χ0v) is 15.3. The van der Waals surface area contributed by atoms with Crippen molar-refractivity contribution in [2.24, 2.45) is 0 Å². The van der Waals surface area contributed by atoms with Gasteiger partial charge in [-0.15, -0.1) is 0 Å². The predicted octanol–water partition coefficient (Wildman–Crippen LogP) is 4.43. The fraction of sp³-hybridized carbons (Fsp3) is 0.0455. The molecule has 0 aliphatic rings. The summed E-state index contributed by atoms with van der Waals surface area (Å²) >= 11 is 5.97. The lowest BCUT2D eigenvalue weighted by Gasteiger charge is -2.08. The van der Waals surface area contributed by atoms with Crippen molar-refractivity contribution in [1.29, 1.82) is 5.26 Å². The van der Waals surface area contributed by atoms with Gasteiger partial charge in [0.1, 0.15) is 11.5 Å². The lowest BCUT2D eigenvalue weighted by atomic mass is 10.0. The number of nitriles is 1. The molecule has 0 saturated heterocycles. The molecule has 0 radical (unpaired) electrons. The molecule has 0 unspecified atom stereocenters. The maximum absolute atomic E-state index is 12.4. The summed E-state index contributed by atoms with van der Waals surface area (Å²) in [6, 6.07) is 21.7. The van der Waals surface area contributed by atoms with Gasteiger partial charge in [-0.25, -0.2) is 4.79 Å². The molecule has 6 heteroatoms. The summed E-state index contributed by atoms with van der Waals surface area (Å²) < 4.78 is 10.5. The number of ether oxygens (including phenoxy) is 2. The van der Waals surface area contributed by atoms with E-state index in [0.717, 1.165) is 0 Å². The Labute approximate surface area is 166 Å². The highest BCUT2D eigenvalue weighted by Gasteiger charge is 2.11. The number of halogens is 1. The standard InChI is InChI=1S/C22H14ClNO4/c23-19-12-15(13-24)6-11-20(19)28-21(25)14-27-18-9-7-17(8-10-18)22(26)16-4-2-1-3-5-16/h1-12H,14H2. The number of ketones is 1. The molecule has 0 amide bonds. The number of benzene rings is 3. The Balaban J connectivity index is 1.57. The summed E-state index contributed by atoms with van der Waals surface area (Å²) in [6.07, 6.45) is 0. The minimum atomic E-state index is -0.643. The van der Waals surface area contributed by atoms with E-state index in [0.29, 0.717) is 22.4 Å². The minimum Gasteiger partial charge on any atom is -0.482 e. The van der Waals surface area contributed by atoms with E-state index in [4.69, 9.17) is 26.3 Å². The molecule has 0 aliphatic heterocycles. The molecule has 0 spiro atoms. The topological polar surface area (TPSA) is 76.4 Å². The third-order valence-electron chi connectivity index (χ3n) is 3.79. The van der Waals surface area contributed by atoms with Gasteiger partial charge in [-0.3, -0.25) is 4.79 Å². The van der Waals surface area contributed by atoms with Crippen LogP contribution >= 0.6 is 11.6 Å². The zero-order valence-electron chi connectivity index (χ0n) is 14.6. The molecule has 3 aromatic carbocycles. The number of carbonyl (C=O) groups excluding carboxylic acids is 2. The van der Waals surface area contributed by atoms with E-state index in [1.54, 1.807) is 48.5 Å². The molecule has 0 fully saturated rings. The lowest BCUT2D eigenvalue weighted by Crippen LogP contribution is -2.18. The highest BCUT2D eigenvalue weighted by molar-refractivity contribution is 6.32. The van der Waals surface area contributed by atoms with Crippen LogP contribution in [-0.2, 0) is 4.79 Å². The van der Waals surface area contributed by atoms with Crippen LogP contribution in [0.4, 0.5) is 0 Å². The van der Waals surface area contributed by atoms with Gasteiger partial charge in [0.2, 0.25) is 0 Å². The van der Waals surface area contributed by atoms with Crippen molar-refractivity contribution in [3.8, 4) is 17.6 Å². The van der Waals surface area contributed by atoms with Crippen LogP contribution in [0.3, 0.4) is 0 Å². The number of hydrogen-bond donors (Lipinski definition) is 0. The summed E-state index contributed by atoms with van der Waals surface area (Å²) in [5.41, 5.74) is 1.48. The van der Waals surface area contributed by atoms with Crippen molar-refractivity contribution in [2.45, 2.75) is 0 Å². The Morgan fingerprint density at radius 3 is 2.25 bits per heavy atom. The van der Waals surface area contributed by atoms with Gasteiger partial charge in [0.05, 0.1) is 16.7 Å². The van der Waals surface area contributed by atoms with Gasteiger partial charge in [0.25, 0.3) is 0 Å². The van der Waals surface area contributed by atoms with Crippen molar-refractivity contribution < 1.29 is 19.1 Å². The molecule has 0 atom stereocenters. The van der Waals surface area contributed by atoms with Crippen molar-refractivity contribution in [3.05, 3.63) is 94.5 Å². The average Bonchev–Trinajstić information content (AvgIpc) is 2.74. The third kappa shape index (κ3) is 4.76. The van der Waals surface area contributed by atoms with Crippen molar-refractivity contribution >= 4 is 23.4 Å². The highest BCUT2D eigenvalue weighted by atomic mass is 35.5. The van der Waals surface area contributed by atoms with Crippen LogP contribution in [0.2, 0.25) is 5.02 Å². The molecule has 3 aromatic rings. The second-order valence-electron chi connectivity index (χ2n) is 5.74. The first kappa shape index (κ1) is 19.2. The van der Waals surface area contributed by atoms with E-state index < -0.39 is 5.97 Å². The molecule has 28 heavy (non-hydrogen) atoms. The number of hydrogen-bond acceptors (Lipinski definition) is 5. The lowest BCUT2D eigenvalue weighted by molar-refractivity contribution is -0.136. The monoisotopic (exact) mass is 391 g/mol. The summed E-state index contributed by atoms with van der Waals surface area (Å²) in [6.45, 7) is -0.331. The molecule has 0 saturated carbocycles. The Morgan fingerprint density at radius 2 is 1.61 bits per heavy atom. The van der Waals surface area contributed by atoms with Crippen LogP contribution in [0, 0.1) is 11.3 Å². The van der Waals surface area contributed by atoms with E-state index in [-0.39, 0.29) is 23.2 Å². The van der Waals surface area contributed by atoms with E-state index in [2.05, 4.69) is 0 Å². The van der Waals surface area contributed by atoms with Gasteiger partial charge in [0.15, 0.2) is 12.4 Å². The van der Waals surface area contributed by atoms with Crippen molar-refractivity contribution in [3.63, 3.8) is 0 Å². The molecule has 5 nitrogen and oxygen atoms in total. The first-order valence-corrected chi connectivity index (χ1v) is 8.67. The SMILES string of the molecule is N#Cc1ccc(OC(=O)COc2ccc(C(=O)c3ccccc3)cc2)c(Cl)c1. The molecule has 0 aromatic heterocycles. The Hall–Kier alpha value is -3.62. The molecule has 0 bridgehead atoms. The first-order valence-electron chi connectivity index (χ1n) is 8.30. The smallest absolute Gasteiger partial charge is 0.349 e. The van der Waals surface area contributed by atoms with Gasteiger partial charge < -0.3 is 9.47 Å². The predicted molar refractivity (Wildman–Crippen MR) is 104 cm³/mol. The molecule has 0 heterocycles. The number of rotatable bonds is 6. The summed E-state index contributed by atoms with van der Waals surface area (Å²) in [5, 5.41) is 8.97. The van der Waals surface area contributed by atoms with Crippen LogP contribution < -0.4 is 9.47 Å². The quantitative estimate of drug-likeness (QED) is 0.353. The van der Waals surface area contributed by atoms with Gasteiger partial charge in [-0.1, -0.05) is 41.9 Å². The van der Waals surface area contributed by atoms with Crippen LogP contribution in [0.15, 0.2) is 72.8 Å². The van der Waals surface area contributed by atoms with Gasteiger partial charge in [-0.05, 0) is 42.5 Å². The van der Waals surface area contributed by atoms with Crippen LogP contribution in [0.1, 0.15) is 21.5 Å². The van der Waals surface area contributed by atoms with Gasteiger partial charge in [0, 0.05) is 11.1 Å². The minimum absolute atomic E-state index is 0.0954. The fourth-order valence-electron chi connectivity index (χ4n) is 2.41. The first-order chi connectivity index (χ1) is 13.6. The van der Waals surface area contributed by atoms with Crippen LogP contribution in [0.5, 0.6) is 11.5 Å². The maximum atomic E-state index is 12.4. The summed E-state index contributed by atoms with van der Waals surface area (Å²) in [4.78, 5) is 24.3. The van der Waals surface area contributed by atoms with Crippen LogP contribution in [0.25, 0.3) is 0 Å². The van der Waals surface area contributed by atoms with E-state index in [9.17, 15) is 9.59 Å². The molecular formula is C22H14ClNO4. The summed E-state index contributed by atoms with van der Waals surface area (Å²) in [5.74, 6) is -0.163. The fourth-order valence-corrected chi connectivity index (χ4v) is 2.63. The molecule has 0 N–H and O–H groups in total. The number of carbonyl (C=O) groups is 2. The number of nitrogens with zero attached hydrogens (tertiary/aromatic N) is 1. The number of esters is 1. The zero-order chi connectivity index (χ0) is 19.9. The van der Waals surface area contributed by atoms with Gasteiger partial charge in [-0.2, -0.15) is 5.26 Å². The second kappa shape index (κ2) is 8.85. The third-order valence-corrected chi connectivity index (χ3v) is 4.09. The normalized spacial score (nSPS) is 10.0. The Morgan fingerprint density at radius 1 is 0.929 bits per heavy atom. The van der Waals surface area contributed by atoms with E-state index in [1.165, 1.54) is 18.2 Å². The van der Waals surface area contributed by atoms with Crippen molar-refractivity contribution in [2.75, 3.05) is 6.61 Å². The van der Waals surface area contributed by atoms with Crippen LogP contribution in [-0.4, -0.2) is 18.4 Å². The van der Waals surface area contributed by atoms with E-state index >= 15 is 0 Å². The molecular weight excluding hydrogens is 378 g/mol. The highest BCUT2D eigenvalue weighted by Crippen LogP contribution is 2.25. The van der Waals surface area contributed by atoms with Gasteiger partial charge >= 0.3 is 5.97 Å². The Kier molecular flexibility index (Phi) is 6.05. The van der Waals surface area contributed by atoms with Crippen molar-refractivity contribution in [1.82, 2.24) is 0 Å². The molecule has 0 aliphatic carbocycles. The largest absolute Gasteiger partial charge is 0.482 e. The molecule has 3 rings (SSSR count). The average molecular weight is 392 g/mol. The Bertz CT molecular complexity index is 1040. The molecule has 138 valence electrons. The second-order valence-corrected chi connectivity index (χ2v) is 6.15. The van der Waals surface area contributed by atoms with E-state index in [1.807, 2.05) is 12.1 Å². The summed E-state index contributed by atoms with van der Waals surface area (Å²) in [7, 11) is 0.